The Bertz CT molecular complexity index is 485. The Labute approximate surface area is 103 Å². The molecule has 1 aliphatic rings. The molecule has 2 heterocycles. The van der Waals surface area contributed by atoms with Crippen molar-refractivity contribution < 1.29 is 0 Å². The van der Waals surface area contributed by atoms with Crippen LogP contribution in [0, 0.1) is 6.92 Å². The second kappa shape index (κ2) is 4.24. The average molecular weight is 251 g/mol. The molecule has 16 heavy (non-hydrogen) atoms. The summed E-state index contributed by atoms with van der Waals surface area (Å²) in [6.07, 6.45) is 2.63. The fourth-order valence-electron chi connectivity index (χ4n) is 1.53. The Hall–Kier alpha value is -0.780. The number of hydrogen-bond acceptors (Lipinski definition) is 5. The van der Waals surface area contributed by atoms with Crippen LogP contribution in [0.15, 0.2) is 10.8 Å². The largest absolute Gasteiger partial charge is 0.308 e. The van der Waals surface area contributed by atoms with Gasteiger partial charge in [0.1, 0.15) is 10.0 Å². The second-order valence-corrected chi connectivity index (χ2v) is 5.93. The van der Waals surface area contributed by atoms with Gasteiger partial charge in [0.25, 0.3) is 0 Å². The molecule has 1 saturated carbocycles. The lowest BCUT2D eigenvalue weighted by atomic mass is 10.2. The van der Waals surface area contributed by atoms with Gasteiger partial charge in [0.15, 0.2) is 0 Å². The standard InChI is InChI=1S/C11H13N3S2/c1-7-5-15-6-9(7)11-14-13-10(16-11)4-12-8-2-3-8/h5-6,8,12H,2-4H2,1H3. The summed E-state index contributed by atoms with van der Waals surface area (Å²) in [4.78, 5) is 0. The molecule has 5 heteroatoms. The molecule has 0 aliphatic heterocycles. The maximum absolute atomic E-state index is 4.25. The highest BCUT2D eigenvalue weighted by molar-refractivity contribution is 7.15. The van der Waals surface area contributed by atoms with Crippen molar-refractivity contribution in [1.29, 1.82) is 0 Å². The minimum atomic E-state index is 0.732. The molecule has 0 spiro atoms. The van der Waals surface area contributed by atoms with Gasteiger partial charge in [-0.1, -0.05) is 11.3 Å². The number of thiophene rings is 1. The molecule has 0 saturated heterocycles. The van der Waals surface area contributed by atoms with Crippen LogP contribution in [0.3, 0.4) is 0 Å². The first kappa shape index (κ1) is 10.4. The van der Waals surface area contributed by atoms with E-state index in [1.54, 1.807) is 22.7 Å². The summed E-state index contributed by atoms with van der Waals surface area (Å²) in [5.74, 6) is 0. The van der Waals surface area contributed by atoms with Gasteiger partial charge in [0.05, 0.1) is 0 Å². The average Bonchev–Trinajstić information content (AvgIpc) is 2.82. The van der Waals surface area contributed by atoms with Gasteiger partial charge in [0.2, 0.25) is 0 Å². The van der Waals surface area contributed by atoms with Crippen LogP contribution in [0.2, 0.25) is 0 Å². The first-order valence-corrected chi connectivity index (χ1v) is 7.18. The van der Waals surface area contributed by atoms with Crippen LogP contribution in [0.5, 0.6) is 0 Å². The number of aryl methyl sites for hydroxylation is 1. The summed E-state index contributed by atoms with van der Waals surface area (Å²) < 4.78 is 0. The van der Waals surface area contributed by atoms with Crippen molar-refractivity contribution in [3.63, 3.8) is 0 Å². The third-order valence-corrected chi connectivity index (χ3v) is 4.49. The molecule has 0 aromatic carbocycles. The third kappa shape index (κ3) is 2.16. The molecule has 2 aromatic heterocycles. The van der Waals surface area contributed by atoms with E-state index >= 15 is 0 Å². The zero-order valence-corrected chi connectivity index (χ0v) is 10.7. The lowest BCUT2D eigenvalue weighted by Gasteiger charge is -1.95. The lowest BCUT2D eigenvalue weighted by Crippen LogP contribution is -2.14. The highest BCUT2D eigenvalue weighted by Gasteiger charge is 2.20. The molecule has 1 aliphatic carbocycles. The smallest absolute Gasteiger partial charge is 0.148 e. The van der Waals surface area contributed by atoms with Crippen molar-refractivity contribution in [1.82, 2.24) is 15.5 Å². The normalized spacial score (nSPS) is 15.6. The molecule has 1 N–H and O–H groups in total. The summed E-state index contributed by atoms with van der Waals surface area (Å²) in [6.45, 7) is 2.99. The SMILES string of the molecule is Cc1cscc1-c1nnc(CNC2CC2)s1. The van der Waals surface area contributed by atoms with Gasteiger partial charge in [-0.3, -0.25) is 0 Å². The van der Waals surface area contributed by atoms with Crippen molar-refractivity contribution in [3.8, 4) is 10.6 Å². The second-order valence-electron chi connectivity index (χ2n) is 4.12. The van der Waals surface area contributed by atoms with Crippen molar-refractivity contribution >= 4 is 22.7 Å². The first-order chi connectivity index (χ1) is 7.83. The van der Waals surface area contributed by atoms with Crippen LogP contribution in [0.1, 0.15) is 23.4 Å². The Kier molecular flexibility index (Phi) is 2.75. The topological polar surface area (TPSA) is 37.8 Å². The summed E-state index contributed by atoms with van der Waals surface area (Å²) >= 11 is 3.42. The monoisotopic (exact) mass is 251 g/mol. The Morgan fingerprint density at radius 3 is 2.94 bits per heavy atom. The summed E-state index contributed by atoms with van der Waals surface area (Å²) in [5, 5.41) is 18.4. The number of rotatable bonds is 4. The van der Waals surface area contributed by atoms with E-state index in [9.17, 15) is 0 Å². The number of nitrogens with one attached hydrogen (secondary N) is 1. The molecular formula is C11H13N3S2. The molecule has 0 amide bonds. The van der Waals surface area contributed by atoms with E-state index in [0.29, 0.717) is 0 Å². The van der Waals surface area contributed by atoms with Gasteiger partial charge in [-0.05, 0) is 30.7 Å². The summed E-state index contributed by atoms with van der Waals surface area (Å²) in [5.41, 5.74) is 2.53. The maximum Gasteiger partial charge on any atom is 0.148 e. The number of aromatic nitrogens is 2. The zero-order chi connectivity index (χ0) is 11.0. The van der Waals surface area contributed by atoms with E-state index in [2.05, 4.69) is 33.2 Å². The van der Waals surface area contributed by atoms with Crippen LogP contribution in [-0.4, -0.2) is 16.2 Å². The highest BCUT2D eigenvalue weighted by atomic mass is 32.1. The van der Waals surface area contributed by atoms with Gasteiger partial charge < -0.3 is 5.32 Å². The van der Waals surface area contributed by atoms with Crippen molar-refractivity contribution in [3.05, 3.63) is 21.3 Å². The molecule has 0 radical (unpaired) electrons. The van der Waals surface area contributed by atoms with E-state index in [4.69, 9.17) is 0 Å². The minimum absolute atomic E-state index is 0.732. The highest BCUT2D eigenvalue weighted by Crippen LogP contribution is 2.29. The van der Waals surface area contributed by atoms with E-state index in [0.717, 1.165) is 22.6 Å². The molecule has 84 valence electrons. The fourth-order valence-corrected chi connectivity index (χ4v) is 3.31. The molecule has 3 nitrogen and oxygen atoms in total. The number of hydrogen-bond donors (Lipinski definition) is 1. The van der Waals surface area contributed by atoms with E-state index in [1.807, 2.05) is 0 Å². The molecule has 3 rings (SSSR count). The summed E-state index contributed by atoms with van der Waals surface area (Å²) in [6, 6.07) is 0.732. The van der Waals surface area contributed by atoms with Crippen LogP contribution < -0.4 is 5.32 Å². The van der Waals surface area contributed by atoms with Crippen molar-refractivity contribution in [2.45, 2.75) is 32.4 Å². The van der Waals surface area contributed by atoms with Crippen LogP contribution >= 0.6 is 22.7 Å². The minimum Gasteiger partial charge on any atom is -0.308 e. The number of nitrogens with zero attached hydrogens (tertiary/aromatic N) is 2. The summed E-state index contributed by atoms with van der Waals surface area (Å²) in [7, 11) is 0. The molecule has 1 fully saturated rings. The molecule has 0 atom stereocenters. The van der Waals surface area contributed by atoms with E-state index in [-0.39, 0.29) is 0 Å². The predicted octanol–water partition coefficient (Wildman–Crippen LogP) is 2.83. The fraction of sp³-hybridized carbons (Fsp3) is 0.455. The molecule has 0 unspecified atom stereocenters. The van der Waals surface area contributed by atoms with E-state index in [1.165, 1.54) is 24.0 Å². The van der Waals surface area contributed by atoms with Crippen LogP contribution in [0.4, 0.5) is 0 Å². The van der Waals surface area contributed by atoms with Crippen LogP contribution in [0.25, 0.3) is 10.6 Å². The van der Waals surface area contributed by atoms with Gasteiger partial charge in [-0.15, -0.1) is 10.2 Å². The first-order valence-electron chi connectivity index (χ1n) is 5.42. The van der Waals surface area contributed by atoms with E-state index < -0.39 is 0 Å². The Morgan fingerprint density at radius 2 is 2.25 bits per heavy atom. The molecule has 0 bridgehead atoms. The third-order valence-electron chi connectivity index (χ3n) is 2.67. The van der Waals surface area contributed by atoms with Gasteiger partial charge in [0, 0.05) is 23.5 Å². The lowest BCUT2D eigenvalue weighted by molar-refractivity contribution is 0.679. The van der Waals surface area contributed by atoms with Gasteiger partial charge >= 0.3 is 0 Å². The van der Waals surface area contributed by atoms with Crippen LogP contribution in [-0.2, 0) is 6.54 Å². The van der Waals surface area contributed by atoms with Gasteiger partial charge in [-0.25, -0.2) is 0 Å². The zero-order valence-electron chi connectivity index (χ0n) is 9.06. The van der Waals surface area contributed by atoms with Gasteiger partial charge in [-0.2, -0.15) is 11.3 Å². The predicted molar refractivity (Wildman–Crippen MR) is 67.8 cm³/mol. The molecular weight excluding hydrogens is 238 g/mol. The van der Waals surface area contributed by atoms with Crippen molar-refractivity contribution in [2.75, 3.05) is 0 Å². The Morgan fingerprint density at radius 1 is 1.38 bits per heavy atom. The molecule has 2 aromatic rings. The van der Waals surface area contributed by atoms with Crippen molar-refractivity contribution in [2.24, 2.45) is 0 Å². The maximum atomic E-state index is 4.25. The quantitative estimate of drug-likeness (QED) is 0.908. The Balaban J connectivity index is 1.74.